The van der Waals surface area contributed by atoms with Crippen molar-refractivity contribution in [2.45, 2.75) is 32.4 Å². The van der Waals surface area contributed by atoms with Crippen LogP contribution in [0.25, 0.3) is 0 Å². The molecule has 0 saturated carbocycles. The Bertz CT molecular complexity index is 869. The van der Waals surface area contributed by atoms with Gasteiger partial charge >= 0.3 is 0 Å². The molecule has 0 aliphatic carbocycles. The molecule has 0 bridgehead atoms. The predicted molar refractivity (Wildman–Crippen MR) is 91.5 cm³/mol. The highest BCUT2D eigenvalue weighted by Crippen LogP contribution is 2.37. The maximum Gasteiger partial charge on any atom is 0.222 e. The number of benzene rings is 2. The first-order valence-electron chi connectivity index (χ1n) is 8.10. The third kappa shape index (κ3) is 2.56. The predicted octanol–water partition coefficient (Wildman–Crippen LogP) is 4.18. The lowest BCUT2D eigenvalue weighted by atomic mass is 9.92. The maximum absolute atomic E-state index is 13.3. The monoisotopic (exact) mass is 322 g/mol. The van der Waals surface area contributed by atoms with Crippen LogP contribution in [0.2, 0.25) is 0 Å². The van der Waals surface area contributed by atoms with E-state index < -0.39 is 0 Å². The molecule has 0 radical (unpaired) electrons. The van der Waals surface area contributed by atoms with Crippen molar-refractivity contribution in [2.75, 3.05) is 5.32 Å². The molecule has 2 heterocycles. The van der Waals surface area contributed by atoms with Gasteiger partial charge in [-0.15, -0.1) is 0 Å². The molecule has 0 unspecified atom stereocenters. The third-order valence-corrected chi connectivity index (χ3v) is 4.82. The fraction of sp³-hybridized carbons (Fsp3) is 0.263. The molecule has 1 aliphatic rings. The van der Waals surface area contributed by atoms with E-state index in [-0.39, 0.29) is 17.9 Å². The Morgan fingerprint density at radius 3 is 2.54 bits per heavy atom. The van der Waals surface area contributed by atoms with Crippen LogP contribution in [-0.2, 0) is 0 Å². The lowest BCUT2D eigenvalue weighted by Gasteiger charge is -2.32. The Hall–Kier alpha value is -2.69. The highest BCUT2D eigenvalue weighted by molar-refractivity contribution is 5.40. The molecule has 0 fully saturated rings. The Morgan fingerprint density at radius 2 is 1.79 bits per heavy atom. The Labute approximate surface area is 140 Å². The summed E-state index contributed by atoms with van der Waals surface area (Å²) in [6, 6.07) is 13.4. The first-order valence-corrected chi connectivity index (χ1v) is 8.10. The number of rotatable bonds is 2. The highest BCUT2D eigenvalue weighted by Gasteiger charge is 2.29. The molecule has 4 rings (SSSR count). The summed E-state index contributed by atoms with van der Waals surface area (Å²) in [6.07, 6.45) is 2.39. The van der Waals surface area contributed by atoms with Gasteiger partial charge in [-0.2, -0.15) is 10.1 Å². The van der Waals surface area contributed by atoms with Crippen LogP contribution in [-0.4, -0.2) is 14.8 Å². The van der Waals surface area contributed by atoms with Crippen molar-refractivity contribution >= 4 is 5.95 Å². The van der Waals surface area contributed by atoms with Crippen molar-refractivity contribution in [2.24, 2.45) is 0 Å². The lowest BCUT2D eigenvalue weighted by molar-refractivity contribution is 0.430. The molecule has 2 atom stereocenters. The maximum atomic E-state index is 13.3. The van der Waals surface area contributed by atoms with E-state index in [1.54, 1.807) is 6.33 Å². The molecule has 2 aromatic carbocycles. The minimum Gasteiger partial charge on any atom is -0.348 e. The van der Waals surface area contributed by atoms with Gasteiger partial charge in [-0.25, -0.2) is 9.07 Å². The number of anilines is 1. The van der Waals surface area contributed by atoms with Gasteiger partial charge in [0, 0.05) is 0 Å². The number of fused-ring (bicyclic) bond motifs is 1. The SMILES string of the molecule is Cc1ccc([C@@H]2C[C@H](c3ccc(F)cc3)n3ncnc3N2)cc1C. The van der Waals surface area contributed by atoms with Gasteiger partial charge in [0.25, 0.3) is 0 Å². The quantitative estimate of drug-likeness (QED) is 0.769. The van der Waals surface area contributed by atoms with Crippen LogP contribution >= 0.6 is 0 Å². The van der Waals surface area contributed by atoms with E-state index in [1.807, 2.05) is 16.8 Å². The summed E-state index contributed by atoms with van der Waals surface area (Å²) in [5.41, 5.74) is 4.84. The summed E-state index contributed by atoms with van der Waals surface area (Å²) in [7, 11) is 0. The van der Waals surface area contributed by atoms with Gasteiger partial charge in [-0.05, 0) is 54.7 Å². The number of hydrogen-bond donors (Lipinski definition) is 1. The Morgan fingerprint density at radius 1 is 1.04 bits per heavy atom. The van der Waals surface area contributed by atoms with Crippen LogP contribution in [0, 0.1) is 19.7 Å². The van der Waals surface area contributed by atoms with Crippen molar-refractivity contribution in [3.63, 3.8) is 0 Å². The smallest absolute Gasteiger partial charge is 0.222 e. The molecular weight excluding hydrogens is 303 g/mol. The fourth-order valence-corrected chi connectivity index (χ4v) is 3.28. The summed E-state index contributed by atoms with van der Waals surface area (Å²) in [5, 5.41) is 7.81. The van der Waals surface area contributed by atoms with Crippen LogP contribution in [0.5, 0.6) is 0 Å². The molecule has 122 valence electrons. The molecule has 0 amide bonds. The fourth-order valence-electron chi connectivity index (χ4n) is 3.28. The Kier molecular flexibility index (Phi) is 3.56. The van der Waals surface area contributed by atoms with Gasteiger partial charge in [-0.1, -0.05) is 30.3 Å². The van der Waals surface area contributed by atoms with Crippen molar-refractivity contribution < 1.29 is 4.39 Å². The van der Waals surface area contributed by atoms with E-state index in [2.05, 4.69) is 47.4 Å². The second-order valence-electron chi connectivity index (χ2n) is 6.37. The highest BCUT2D eigenvalue weighted by atomic mass is 19.1. The summed E-state index contributed by atoms with van der Waals surface area (Å²) in [5.74, 6) is 0.524. The molecule has 3 aromatic rings. The zero-order valence-electron chi connectivity index (χ0n) is 13.7. The largest absolute Gasteiger partial charge is 0.348 e. The van der Waals surface area contributed by atoms with Gasteiger partial charge in [0.15, 0.2) is 0 Å². The van der Waals surface area contributed by atoms with Crippen LogP contribution in [0.15, 0.2) is 48.8 Å². The number of nitrogens with zero attached hydrogens (tertiary/aromatic N) is 3. The number of halogens is 1. The molecule has 24 heavy (non-hydrogen) atoms. The van der Waals surface area contributed by atoms with Crippen molar-refractivity contribution in [3.8, 4) is 0 Å². The minimum atomic E-state index is -0.225. The first kappa shape index (κ1) is 14.9. The molecule has 0 spiro atoms. The number of aromatic nitrogens is 3. The van der Waals surface area contributed by atoms with E-state index in [4.69, 9.17) is 0 Å². The average molecular weight is 322 g/mol. The van der Waals surface area contributed by atoms with Gasteiger partial charge in [0.1, 0.15) is 12.1 Å². The second-order valence-corrected chi connectivity index (χ2v) is 6.37. The van der Waals surface area contributed by atoms with Crippen molar-refractivity contribution in [1.29, 1.82) is 0 Å². The van der Waals surface area contributed by atoms with Gasteiger partial charge in [-0.3, -0.25) is 0 Å². The van der Waals surface area contributed by atoms with Gasteiger partial charge in [0.05, 0.1) is 12.1 Å². The molecule has 1 aliphatic heterocycles. The molecule has 4 nitrogen and oxygen atoms in total. The van der Waals surface area contributed by atoms with Crippen LogP contribution < -0.4 is 5.32 Å². The number of nitrogens with one attached hydrogen (secondary N) is 1. The average Bonchev–Trinajstić information content (AvgIpc) is 3.06. The van der Waals surface area contributed by atoms with Crippen molar-refractivity contribution in [3.05, 3.63) is 76.9 Å². The van der Waals surface area contributed by atoms with E-state index >= 15 is 0 Å². The van der Waals surface area contributed by atoms with E-state index in [9.17, 15) is 4.39 Å². The zero-order valence-corrected chi connectivity index (χ0v) is 13.7. The molecule has 1 N–H and O–H groups in total. The summed E-state index contributed by atoms with van der Waals surface area (Å²) < 4.78 is 15.1. The molecule has 0 saturated heterocycles. The summed E-state index contributed by atoms with van der Waals surface area (Å²) >= 11 is 0. The molecular formula is C19H19FN4. The Balaban J connectivity index is 1.72. The third-order valence-electron chi connectivity index (χ3n) is 4.82. The minimum absolute atomic E-state index is 0.0379. The molecule has 5 heteroatoms. The van der Waals surface area contributed by atoms with Gasteiger partial charge < -0.3 is 5.32 Å². The van der Waals surface area contributed by atoms with Crippen LogP contribution in [0.4, 0.5) is 10.3 Å². The van der Waals surface area contributed by atoms with E-state index in [0.29, 0.717) is 0 Å². The zero-order chi connectivity index (χ0) is 16.7. The van der Waals surface area contributed by atoms with Gasteiger partial charge in [0.2, 0.25) is 5.95 Å². The normalized spacial score (nSPS) is 19.6. The number of hydrogen-bond acceptors (Lipinski definition) is 3. The van der Waals surface area contributed by atoms with Crippen LogP contribution in [0.3, 0.4) is 0 Å². The molecule has 1 aromatic heterocycles. The summed E-state index contributed by atoms with van der Waals surface area (Å²) in [6.45, 7) is 4.24. The topological polar surface area (TPSA) is 42.7 Å². The van der Waals surface area contributed by atoms with Crippen LogP contribution in [0.1, 0.15) is 40.8 Å². The first-order chi connectivity index (χ1) is 11.6. The summed E-state index contributed by atoms with van der Waals surface area (Å²) in [4.78, 5) is 4.33. The standard InChI is InChI=1S/C19H19FN4/c1-12-3-4-15(9-13(12)2)17-10-18(14-5-7-16(20)8-6-14)24-19(23-17)21-11-22-24/h3-9,11,17-18H,10H2,1-2H3,(H,21,22,23)/t17-,18+/m0/s1. The second kappa shape index (κ2) is 5.74. The lowest BCUT2D eigenvalue weighted by Crippen LogP contribution is -2.28. The van der Waals surface area contributed by atoms with E-state index in [0.717, 1.165) is 17.9 Å². The number of aryl methyl sites for hydroxylation is 2. The van der Waals surface area contributed by atoms with Crippen molar-refractivity contribution in [1.82, 2.24) is 14.8 Å². The van der Waals surface area contributed by atoms with E-state index in [1.165, 1.54) is 28.8 Å².